The van der Waals surface area contributed by atoms with Crippen molar-refractivity contribution in [3.8, 4) is 0 Å². The van der Waals surface area contributed by atoms with Gasteiger partial charge in [0, 0.05) is 37.6 Å². The van der Waals surface area contributed by atoms with Gasteiger partial charge >= 0.3 is 0 Å². The van der Waals surface area contributed by atoms with E-state index in [1.165, 1.54) is 0 Å². The molecule has 90 valence electrons. The first-order chi connectivity index (χ1) is 7.70. The molecule has 2 rings (SSSR count). The van der Waals surface area contributed by atoms with Crippen LogP contribution >= 0.6 is 22.9 Å². The van der Waals surface area contributed by atoms with Crippen molar-refractivity contribution in [2.24, 2.45) is 0 Å². The van der Waals surface area contributed by atoms with E-state index in [-0.39, 0.29) is 0 Å². The van der Waals surface area contributed by atoms with E-state index >= 15 is 0 Å². The summed E-state index contributed by atoms with van der Waals surface area (Å²) in [4.78, 5) is 9.38. The summed E-state index contributed by atoms with van der Waals surface area (Å²) in [5.74, 6) is 0.516. The van der Waals surface area contributed by atoms with Crippen molar-refractivity contribution in [3.63, 3.8) is 0 Å². The van der Waals surface area contributed by atoms with Crippen LogP contribution in [-0.4, -0.2) is 42.1 Å². The Morgan fingerprint density at radius 1 is 1.38 bits per heavy atom. The number of thiazole rings is 1. The second-order valence-corrected chi connectivity index (χ2v) is 5.48. The third-order valence-electron chi connectivity index (χ3n) is 2.99. The molecule has 0 radical (unpaired) electrons. The number of aromatic nitrogens is 1. The summed E-state index contributed by atoms with van der Waals surface area (Å²) < 4.78 is 0. The van der Waals surface area contributed by atoms with Crippen molar-refractivity contribution >= 4 is 28.1 Å². The second kappa shape index (κ2) is 5.34. The Hall–Kier alpha value is -0.320. The summed E-state index contributed by atoms with van der Waals surface area (Å²) >= 11 is 7.46. The molecule has 1 fully saturated rings. The predicted molar refractivity (Wildman–Crippen MR) is 70.6 cm³/mol. The molecule has 0 aliphatic carbocycles. The molecule has 16 heavy (non-hydrogen) atoms. The number of piperazine rings is 1. The van der Waals surface area contributed by atoms with Crippen LogP contribution in [0.4, 0.5) is 5.13 Å². The fourth-order valence-corrected chi connectivity index (χ4v) is 3.04. The highest BCUT2D eigenvalue weighted by atomic mass is 35.5. The fourth-order valence-electron chi connectivity index (χ4n) is 1.93. The zero-order valence-corrected chi connectivity index (χ0v) is 11.4. The Bertz CT molecular complexity index is 332. The van der Waals surface area contributed by atoms with Gasteiger partial charge in [-0.2, -0.15) is 0 Å². The van der Waals surface area contributed by atoms with E-state index in [0.29, 0.717) is 11.9 Å². The normalized spacial score (nSPS) is 18.4. The third-order valence-corrected chi connectivity index (χ3v) is 4.22. The van der Waals surface area contributed by atoms with Crippen LogP contribution < -0.4 is 4.90 Å². The summed E-state index contributed by atoms with van der Waals surface area (Å²) in [6.07, 6.45) is 0. The largest absolute Gasteiger partial charge is 0.346 e. The summed E-state index contributed by atoms with van der Waals surface area (Å²) in [6.45, 7) is 8.93. The molecule has 2 heterocycles. The van der Waals surface area contributed by atoms with Crippen LogP contribution in [0.2, 0.25) is 0 Å². The molecule has 1 saturated heterocycles. The quantitative estimate of drug-likeness (QED) is 0.778. The molecule has 0 atom stereocenters. The molecule has 5 heteroatoms. The topological polar surface area (TPSA) is 19.4 Å². The summed E-state index contributed by atoms with van der Waals surface area (Å²) in [7, 11) is 0. The molecule has 3 nitrogen and oxygen atoms in total. The van der Waals surface area contributed by atoms with E-state index in [9.17, 15) is 0 Å². The smallest absolute Gasteiger partial charge is 0.185 e. The summed E-state index contributed by atoms with van der Waals surface area (Å²) in [6, 6.07) is 0.650. The summed E-state index contributed by atoms with van der Waals surface area (Å²) in [5.41, 5.74) is 0.993. The van der Waals surface area contributed by atoms with Gasteiger partial charge < -0.3 is 4.90 Å². The number of rotatable bonds is 3. The highest BCUT2D eigenvalue weighted by molar-refractivity contribution is 7.13. The number of hydrogen-bond acceptors (Lipinski definition) is 4. The van der Waals surface area contributed by atoms with E-state index in [0.717, 1.165) is 37.0 Å². The maximum atomic E-state index is 5.76. The van der Waals surface area contributed by atoms with Crippen molar-refractivity contribution in [1.29, 1.82) is 0 Å². The standard InChI is InChI=1S/C11H18ClN3S/c1-9(2)14-3-5-15(6-4-14)11-13-10(7-12)8-16-11/h8-9H,3-7H2,1-2H3. The van der Waals surface area contributed by atoms with Gasteiger partial charge in [0.05, 0.1) is 11.6 Å². The van der Waals surface area contributed by atoms with Crippen LogP contribution in [0.5, 0.6) is 0 Å². The zero-order chi connectivity index (χ0) is 11.5. The highest BCUT2D eigenvalue weighted by Gasteiger charge is 2.20. The minimum absolute atomic E-state index is 0.516. The van der Waals surface area contributed by atoms with E-state index in [4.69, 9.17) is 11.6 Å². The number of alkyl halides is 1. The van der Waals surface area contributed by atoms with Crippen LogP contribution in [0.3, 0.4) is 0 Å². The number of anilines is 1. The van der Waals surface area contributed by atoms with Crippen LogP contribution in [-0.2, 0) is 5.88 Å². The monoisotopic (exact) mass is 259 g/mol. The van der Waals surface area contributed by atoms with E-state index < -0.39 is 0 Å². The van der Waals surface area contributed by atoms with Crippen molar-refractivity contribution < 1.29 is 0 Å². The maximum absolute atomic E-state index is 5.76. The molecule has 0 amide bonds. The molecule has 1 aromatic rings. The Morgan fingerprint density at radius 3 is 2.56 bits per heavy atom. The first-order valence-electron chi connectivity index (χ1n) is 5.70. The molecule has 0 unspecified atom stereocenters. The van der Waals surface area contributed by atoms with Gasteiger partial charge in [-0.15, -0.1) is 22.9 Å². The van der Waals surface area contributed by atoms with E-state index in [1.807, 2.05) is 0 Å². The molecular formula is C11H18ClN3S. The first kappa shape index (κ1) is 12.1. The lowest BCUT2D eigenvalue weighted by molar-refractivity contribution is 0.209. The van der Waals surface area contributed by atoms with Gasteiger partial charge in [0.2, 0.25) is 0 Å². The lowest BCUT2D eigenvalue weighted by Crippen LogP contribution is -2.48. The second-order valence-electron chi connectivity index (χ2n) is 4.37. The van der Waals surface area contributed by atoms with Crippen LogP contribution in [0.15, 0.2) is 5.38 Å². The van der Waals surface area contributed by atoms with Gasteiger partial charge in [0.15, 0.2) is 5.13 Å². The molecular weight excluding hydrogens is 242 g/mol. The van der Waals surface area contributed by atoms with E-state index in [1.54, 1.807) is 11.3 Å². The van der Waals surface area contributed by atoms with Gasteiger partial charge in [-0.3, -0.25) is 4.90 Å². The van der Waals surface area contributed by atoms with Crippen molar-refractivity contribution in [3.05, 3.63) is 11.1 Å². The molecule has 0 aromatic carbocycles. The average molecular weight is 260 g/mol. The average Bonchev–Trinajstić information content (AvgIpc) is 2.77. The maximum Gasteiger partial charge on any atom is 0.185 e. The minimum atomic E-state index is 0.516. The van der Waals surface area contributed by atoms with Crippen LogP contribution in [0.25, 0.3) is 0 Å². The highest BCUT2D eigenvalue weighted by Crippen LogP contribution is 2.22. The Labute approximate surface area is 106 Å². The van der Waals surface area contributed by atoms with Crippen LogP contribution in [0.1, 0.15) is 19.5 Å². The molecule has 0 bridgehead atoms. The zero-order valence-electron chi connectivity index (χ0n) is 9.82. The van der Waals surface area contributed by atoms with Gasteiger partial charge in [-0.1, -0.05) is 0 Å². The fraction of sp³-hybridized carbons (Fsp3) is 0.727. The Kier molecular flexibility index (Phi) is 4.05. The predicted octanol–water partition coefficient (Wildman–Crippen LogP) is 2.41. The minimum Gasteiger partial charge on any atom is -0.346 e. The van der Waals surface area contributed by atoms with Gasteiger partial charge in [-0.05, 0) is 13.8 Å². The van der Waals surface area contributed by atoms with Crippen molar-refractivity contribution in [2.75, 3.05) is 31.1 Å². The molecule has 0 spiro atoms. The van der Waals surface area contributed by atoms with Gasteiger partial charge in [0.25, 0.3) is 0 Å². The third kappa shape index (κ3) is 2.67. The Balaban J connectivity index is 1.93. The number of nitrogens with zero attached hydrogens (tertiary/aromatic N) is 3. The van der Waals surface area contributed by atoms with Crippen molar-refractivity contribution in [1.82, 2.24) is 9.88 Å². The van der Waals surface area contributed by atoms with Gasteiger partial charge in [0.1, 0.15) is 0 Å². The van der Waals surface area contributed by atoms with Crippen molar-refractivity contribution in [2.45, 2.75) is 25.8 Å². The molecule has 1 aromatic heterocycles. The molecule has 0 saturated carbocycles. The van der Waals surface area contributed by atoms with E-state index in [2.05, 4.69) is 34.0 Å². The first-order valence-corrected chi connectivity index (χ1v) is 7.11. The molecule has 1 aliphatic rings. The van der Waals surface area contributed by atoms with Gasteiger partial charge in [-0.25, -0.2) is 4.98 Å². The lowest BCUT2D eigenvalue weighted by atomic mass is 10.2. The molecule has 1 aliphatic heterocycles. The number of hydrogen-bond donors (Lipinski definition) is 0. The van der Waals surface area contributed by atoms with Crippen LogP contribution in [0, 0.1) is 0 Å². The summed E-state index contributed by atoms with van der Waals surface area (Å²) in [5, 5.41) is 3.18. The molecule has 0 N–H and O–H groups in total. The Morgan fingerprint density at radius 2 is 2.06 bits per heavy atom. The lowest BCUT2D eigenvalue weighted by Gasteiger charge is -2.36. The SMILES string of the molecule is CC(C)N1CCN(c2nc(CCl)cs2)CC1. The number of halogens is 1.